The topological polar surface area (TPSA) is 107 Å². The highest BCUT2D eigenvalue weighted by molar-refractivity contribution is 7.98. The highest BCUT2D eigenvalue weighted by Crippen LogP contribution is 2.34. The first-order valence-corrected chi connectivity index (χ1v) is 11.0. The van der Waals surface area contributed by atoms with Gasteiger partial charge in [-0.15, -0.1) is 11.8 Å². The third-order valence-electron chi connectivity index (χ3n) is 3.63. The van der Waals surface area contributed by atoms with E-state index >= 15 is 0 Å². The van der Waals surface area contributed by atoms with Gasteiger partial charge in [-0.25, -0.2) is 8.42 Å². The maximum atomic E-state index is 13.2. The van der Waals surface area contributed by atoms with Crippen molar-refractivity contribution in [1.82, 2.24) is 0 Å². The lowest BCUT2D eigenvalue weighted by molar-refractivity contribution is -0.384. The van der Waals surface area contributed by atoms with E-state index < -0.39 is 27.5 Å². The Morgan fingerprint density at radius 2 is 1.89 bits per heavy atom. The Balaban J connectivity index is 2.60. The molecule has 2 aromatic carbocycles. The molecule has 0 heterocycles. The molecular weight excluding hydrogens is 428 g/mol. The largest absolute Gasteiger partial charge is 0.465 e. The molecule has 150 valence electrons. The summed E-state index contributed by atoms with van der Waals surface area (Å²) in [4.78, 5) is 23.2. The number of hydrogen-bond acceptors (Lipinski definition) is 7. The second-order valence-electron chi connectivity index (χ2n) is 5.39. The fourth-order valence-electron chi connectivity index (χ4n) is 2.30. The summed E-state index contributed by atoms with van der Waals surface area (Å²) in [6.07, 6.45) is 1.85. The average Bonchev–Trinajstić information content (AvgIpc) is 2.66. The predicted molar refractivity (Wildman–Crippen MR) is 107 cm³/mol. The van der Waals surface area contributed by atoms with Gasteiger partial charge < -0.3 is 4.74 Å². The highest BCUT2D eigenvalue weighted by Gasteiger charge is 2.30. The van der Waals surface area contributed by atoms with Crippen LogP contribution in [0.3, 0.4) is 0 Å². The lowest BCUT2D eigenvalue weighted by Gasteiger charge is -2.24. The van der Waals surface area contributed by atoms with Crippen molar-refractivity contribution in [1.29, 1.82) is 0 Å². The number of halogens is 1. The third-order valence-corrected chi connectivity index (χ3v) is 6.47. The van der Waals surface area contributed by atoms with E-state index in [1.807, 2.05) is 6.26 Å². The molecule has 28 heavy (non-hydrogen) atoms. The van der Waals surface area contributed by atoms with Crippen molar-refractivity contribution in [2.45, 2.75) is 16.7 Å². The van der Waals surface area contributed by atoms with Crippen molar-refractivity contribution >= 4 is 50.7 Å². The van der Waals surface area contributed by atoms with E-state index in [1.54, 1.807) is 19.1 Å². The lowest BCUT2D eigenvalue weighted by Crippen LogP contribution is -2.36. The van der Waals surface area contributed by atoms with Gasteiger partial charge in [0.25, 0.3) is 15.7 Å². The summed E-state index contributed by atoms with van der Waals surface area (Å²) in [5, 5.41) is 11.0. The standard InChI is InChI=1S/C17H17ClN2O6S2/c1-3-26-17(21)11-19(16-10-12(20(22)23)4-9-15(16)18)28(24,25)14-7-5-13(27-2)6-8-14/h4-10H,3,11H2,1-2H3. The van der Waals surface area contributed by atoms with Crippen LogP contribution in [-0.2, 0) is 19.6 Å². The van der Waals surface area contributed by atoms with Crippen LogP contribution >= 0.6 is 23.4 Å². The molecule has 0 aliphatic heterocycles. The molecule has 0 atom stereocenters. The van der Waals surface area contributed by atoms with Crippen molar-refractivity contribution in [2.75, 3.05) is 23.7 Å². The maximum absolute atomic E-state index is 13.2. The average molecular weight is 445 g/mol. The summed E-state index contributed by atoms with van der Waals surface area (Å²) < 4.78 is 31.9. The van der Waals surface area contributed by atoms with E-state index in [4.69, 9.17) is 16.3 Å². The van der Waals surface area contributed by atoms with Crippen molar-refractivity contribution in [3.8, 4) is 0 Å². The van der Waals surface area contributed by atoms with Gasteiger partial charge in [-0.1, -0.05) is 11.6 Å². The van der Waals surface area contributed by atoms with Crippen LogP contribution in [0.2, 0.25) is 5.02 Å². The number of benzene rings is 2. The summed E-state index contributed by atoms with van der Waals surface area (Å²) in [6, 6.07) is 9.39. The molecule has 0 saturated heterocycles. The smallest absolute Gasteiger partial charge is 0.326 e. The molecular formula is C17H17ClN2O6S2. The Hall–Kier alpha value is -2.30. The maximum Gasteiger partial charge on any atom is 0.326 e. The van der Waals surface area contributed by atoms with Crippen LogP contribution in [0.15, 0.2) is 52.3 Å². The normalized spacial score (nSPS) is 11.1. The van der Waals surface area contributed by atoms with E-state index in [2.05, 4.69) is 0 Å². The van der Waals surface area contributed by atoms with Crippen molar-refractivity contribution in [2.24, 2.45) is 0 Å². The number of carbonyl (C=O) groups excluding carboxylic acids is 1. The van der Waals surface area contributed by atoms with Gasteiger partial charge in [-0.3, -0.25) is 19.2 Å². The molecule has 11 heteroatoms. The number of nitro benzene ring substituents is 1. The van der Waals surface area contributed by atoms with Gasteiger partial charge in [0.1, 0.15) is 6.54 Å². The zero-order valence-electron chi connectivity index (χ0n) is 15.0. The zero-order chi connectivity index (χ0) is 20.9. The van der Waals surface area contributed by atoms with Crippen LogP contribution < -0.4 is 4.31 Å². The number of hydrogen-bond donors (Lipinski definition) is 0. The number of esters is 1. The van der Waals surface area contributed by atoms with Gasteiger partial charge in [0.15, 0.2) is 0 Å². The van der Waals surface area contributed by atoms with E-state index in [9.17, 15) is 23.3 Å². The van der Waals surface area contributed by atoms with Gasteiger partial charge in [0, 0.05) is 17.0 Å². The van der Waals surface area contributed by atoms with Gasteiger partial charge >= 0.3 is 5.97 Å². The second-order valence-corrected chi connectivity index (χ2v) is 8.53. The number of nitrogens with zero attached hydrogens (tertiary/aromatic N) is 2. The van der Waals surface area contributed by atoms with Crippen LogP contribution in [0.5, 0.6) is 0 Å². The number of carbonyl (C=O) groups is 1. The summed E-state index contributed by atoms with van der Waals surface area (Å²) in [7, 11) is -4.24. The Bertz CT molecular complexity index is 980. The summed E-state index contributed by atoms with van der Waals surface area (Å²) >= 11 is 7.55. The number of non-ortho nitro benzene ring substituents is 1. The molecule has 0 N–H and O–H groups in total. The molecule has 2 aromatic rings. The van der Waals surface area contributed by atoms with Crippen LogP contribution in [0.4, 0.5) is 11.4 Å². The lowest BCUT2D eigenvalue weighted by atomic mass is 10.3. The fourth-order valence-corrected chi connectivity index (χ4v) is 4.40. The number of ether oxygens (including phenoxy) is 1. The summed E-state index contributed by atoms with van der Waals surface area (Å²) in [5.74, 6) is -0.811. The number of nitro groups is 1. The third kappa shape index (κ3) is 4.94. The molecule has 8 nitrogen and oxygen atoms in total. The molecule has 0 spiro atoms. The van der Waals surface area contributed by atoms with Gasteiger partial charge in [-0.05, 0) is 43.5 Å². The molecule has 0 aromatic heterocycles. The van der Waals surface area contributed by atoms with Crippen LogP contribution in [0.1, 0.15) is 6.92 Å². The Kier molecular flexibility index (Phi) is 7.28. The molecule has 0 fully saturated rings. The number of anilines is 1. The molecule has 0 aliphatic rings. The first-order chi connectivity index (χ1) is 13.2. The molecule has 0 aliphatic carbocycles. The van der Waals surface area contributed by atoms with E-state index in [-0.39, 0.29) is 27.9 Å². The minimum Gasteiger partial charge on any atom is -0.465 e. The van der Waals surface area contributed by atoms with Crippen molar-refractivity contribution in [3.05, 3.63) is 57.6 Å². The van der Waals surface area contributed by atoms with Crippen molar-refractivity contribution in [3.63, 3.8) is 0 Å². The molecule has 0 bridgehead atoms. The molecule has 2 rings (SSSR count). The Morgan fingerprint density at radius 3 is 2.43 bits per heavy atom. The first-order valence-electron chi connectivity index (χ1n) is 7.97. The quantitative estimate of drug-likeness (QED) is 0.264. The van der Waals surface area contributed by atoms with Gasteiger partial charge in [-0.2, -0.15) is 0 Å². The molecule has 0 unspecified atom stereocenters. The Labute approximate surface area is 171 Å². The molecule has 0 saturated carbocycles. The fraction of sp³-hybridized carbons (Fsp3) is 0.235. The van der Waals surface area contributed by atoms with E-state index in [0.717, 1.165) is 17.0 Å². The predicted octanol–water partition coefficient (Wildman–Crippen LogP) is 3.73. The van der Waals surface area contributed by atoms with E-state index in [1.165, 1.54) is 30.0 Å². The number of thioether (sulfide) groups is 1. The van der Waals surface area contributed by atoms with Crippen LogP contribution in [-0.4, -0.2) is 38.7 Å². The Morgan fingerprint density at radius 1 is 1.25 bits per heavy atom. The van der Waals surface area contributed by atoms with E-state index in [0.29, 0.717) is 4.31 Å². The highest BCUT2D eigenvalue weighted by atomic mass is 35.5. The van der Waals surface area contributed by atoms with Crippen LogP contribution in [0, 0.1) is 10.1 Å². The summed E-state index contributed by atoms with van der Waals surface area (Å²) in [5.41, 5.74) is -0.543. The minimum atomic E-state index is -4.24. The second kappa shape index (κ2) is 9.26. The molecule has 0 radical (unpaired) electrons. The number of sulfonamides is 1. The summed E-state index contributed by atoms with van der Waals surface area (Å²) in [6.45, 7) is 0.956. The minimum absolute atomic E-state index is 0.0534. The van der Waals surface area contributed by atoms with Crippen LogP contribution in [0.25, 0.3) is 0 Å². The zero-order valence-corrected chi connectivity index (χ0v) is 17.4. The van der Waals surface area contributed by atoms with Gasteiger partial charge in [0.2, 0.25) is 0 Å². The number of rotatable bonds is 8. The monoisotopic (exact) mass is 444 g/mol. The SMILES string of the molecule is CCOC(=O)CN(c1cc([N+](=O)[O-])ccc1Cl)S(=O)(=O)c1ccc(SC)cc1. The molecule has 0 amide bonds. The van der Waals surface area contributed by atoms with Gasteiger partial charge in [0.05, 0.1) is 27.1 Å². The first kappa shape index (κ1) is 22.0. The van der Waals surface area contributed by atoms with Crippen molar-refractivity contribution < 1.29 is 22.9 Å².